The molecule has 162 valence electrons. The van der Waals surface area contributed by atoms with Crippen LogP contribution < -0.4 is 24.2 Å². The number of amides is 1. The molecule has 2 aromatic rings. The van der Waals surface area contributed by atoms with Crippen LogP contribution in [0.25, 0.3) is 0 Å². The summed E-state index contributed by atoms with van der Waals surface area (Å²) in [7, 11) is 0.798. The Hall–Kier alpha value is -3.04. The van der Waals surface area contributed by atoms with Crippen LogP contribution in [0.4, 0.5) is 0 Å². The number of nitrogens with one attached hydrogen (secondary N) is 2. The van der Waals surface area contributed by atoms with E-state index in [0.717, 1.165) is 5.56 Å². The largest absolute Gasteiger partial charge is 0.493 e. The van der Waals surface area contributed by atoms with E-state index in [1.165, 1.54) is 45.6 Å². The van der Waals surface area contributed by atoms with Crippen molar-refractivity contribution in [3.8, 4) is 17.2 Å². The maximum Gasteiger partial charge on any atom is 0.251 e. The molecule has 0 aromatic heterocycles. The number of hydrogen-bond donors (Lipinski definition) is 2. The molecule has 1 unspecified atom stereocenters. The zero-order valence-corrected chi connectivity index (χ0v) is 18.2. The summed E-state index contributed by atoms with van der Waals surface area (Å²) in [6, 6.07) is 8.88. The summed E-state index contributed by atoms with van der Waals surface area (Å²) in [5.41, 5.74) is 0.949. The minimum atomic E-state index is -3.73. The second-order valence-electron chi connectivity index (χ2n) is 6.32. The number of carbonyl (C=O) groups excluding carboxylic acids is 1. The highest BCUT2D eigenvalue weighted by atomic mass is 32.2. The lowest BCUT2D eigenvalue weighted by Gasteiger charge is -2.19. The van der Waals surface area contributed by atoms with E-state index in [-0.39, 0.29) is 17.0 Å². The van der Waals surface area contributed by atoms with Gasteiger partial charge in [-0.1, -0.05) is 12.1 Å². The lowest BCUT2D eigenvalue weighted by molar-refractivity contribution is 0.0939. The number of ether oxygens (including phenoxy) is 3. The molecule has 30 heavy (non-hydrogen) atoms. The smallest absolute Gasteiger partial charge is 0.251 e. The number of benzene rings is 2. The van der Waals surface area contributed by atoms with Gasteiger partial charge in [0.05, 0.1) is 32.3 Å². The molecule has 0 aliphatic rings. The minimum absolute atomic E-state index is 0.00237. The first-order valence-electron chi connectivity index (χ1n) is 9.08. The summed E-state index contributed by atoms with van der Waals surface area (Å²) in [5.74, 6) is 0.966. The van der Waals surface area contributed by atoms with Gasteiger partial charge in [0, 0.05) is 12.1 Å². The topological polar surface area (TPSA) is 103 Å². The van der Waals surface area contributed by atoms with Crippen LogP contribution in [0.3, 0.4) is 0 Å². The van der Waals surface area contributed by atoms with Crippen molar-refractivity contribution in [1.29, 1.82) is 0 Å². The van der Waals surface area contributed by atoms with Crippen molar-refractivity contribution in [2.75, 3.05) is 27.9 Å². The molecule has 0 aliphatic heterocycles. The average molecular weight is 435 g/mol. The molecular weight excluding hydrogens is 408 g/mol. The second kappa shape index (κ2) is 10.1. The number of sulfonamides is 1. The van der Waals surface area contributed by atoms with E-state index >= 15 is 0 Å². The Kier molecular flexibility index (Phi) is 7.85. The van der Waals surface area contributed by atoms with Gasteiger partial charge in [-0.25, -0.2) is 13.1 Å². The Bertz CT molecular complexity index is 995. The Balaban J connectivity index is 2.26. The Morgan fingerprint density at radius 2 is 1.73 bits per heavy atom. The van der Waals surface area contributed by atoms with E-state index in [9.17, 15) is 13.2 Å². The predicted octanol–water partition coefficient (Wildman–Crippen LogP) is 2.67. The molecule has 2 aromatic carbocycles. The van der Waals surface area contributed by atoms with Gasteiger partial charge < -0.3 is 19.5 Å². The summed E-state index contributed by atoms with van der Waals surface area (Å²) in [6.45, 7) is 5.37. The van der Waals surface area contributed by atoms with Crippen molar-refractivity contribution in [3.63, 3.8) is 0 Å². The van der Waals surface area contributed by atoms with E-state index in [0.29, 0.717) is 17.2 Å². The highest BCUT2D eigenvalue weighted by Gasteiger charge is 2.20. The van der Waals surface area contributed by atoms with Gasteiger partial charge in [-0.3, -0.25) is 4.79 Å². The van der Waals surface area contributed by atoms with Crippen molar-refractivity contribution in [2.45, 2.75) is 17.9 Å². The zero-order chi connectivity index (χ0) is 22.3. The predicted molar refractivity (Wildman–Crippen MR) is 114 cm³/mol. The Morgan fingerprint density at radius 3 is 2.27 bits per heavy atom. The molecule has 0 heterocycles. The minimum Gasteiger partial charge on any atom is -0.493 e. The van der Waals surface area contributed by atoms with Crippen LogP contribution in [-0.2, 0) is 10.0 Å². The van der Waals surface area contributed by atoms with Crippen LogP contribution in [0.5, 0.6) is 17.2 Å². The van der Waals surface area contributed by atoms with Crippen molar-refractivity contribution < 1.29 is 27.4 Å². The van der Waals surface area contributed by atoms with Crippen LogP contribution in [0.15, 0.2) is 53.9 Å². The molecule has 2 N–H and O–H groups in total. The molecule has 0 fully saturated rings. The normalized spacial score (nSPS) is 12.0. The van der Waals surface area contributed by atoms with Crippen LogP contribution in [0.2, 0.25) is 0 Å². The van der Waals surface area contributed by atoms with Crippen LogP contribution in [-0.4, -0.2) is 42.2 Å². The first-order chi connectivity index (χ1) is 14.3. The van der Waals surface area contributed by atoms with Crippen molar-refractivity contribution in [2.24, 2.45) is 0 Å². The van der Waals surface area contributed by atoms with E-state index in [1.54, 1.807) is 25.1 Å². The number of hydrogen-bond acceptors (Lipinski definition) is 6. The molecule has 1 atom stereocenters. The van der Waals surface area contributed by atoms with Gasteiger partial charge in [0.25, 0.3) is 5.91 Å². The third-order valence-electron chi connectivity index (χ3n) is 4.36. The summed E-state index contributed by atoms with van der Waals surface area (Å²) in [5, 5.41) is 2.85. The van der Waals surface area contributed by atoms with Crippen molar-refractivity contribution >= 4 is 15.9 Å². The zero-order valence-electron chi connectivity index (χ0n) is 17.4. The first-order valence-corrected chi connectivity index (χ1v) is 10.6. The summed E-state index contributed by atoms with van der Waals surface area (Å²) in [6.07, 6.45) is 1.44. The second-order valence-corrected chi connectivity index (χ2v) is 8.09. The average Bonchev–Trinajstić information content (AvgIpc) is 2.76. The Morgan fingerprint density at radius 1 is 1.10 bits per heavy atom. The monoisotopic (exact) mass is 434 g/mol. The summed E-state index contributed by atoms with van der Waals surface area (Å²) in [4.78, 5) is 12.7. The highest BCUT2D eigenvalue weighted by Crippen LogP contribution is 2.39. The molecule has 0 saturated carbocycles. The fourth-order valence-corrected chi connectivity index (χ4v) is 3.81. The van der Waals surface area contributed by atoms with Gasteiger partial charge >= 0.3 is 0 Å². The molecule has 0 aliphatic carbocycles. The van der Waals surface area contributed by atoms with Crippen LogP contribution >= 0.6 is 0 Å². The molecule has 0 radical (unpaired) electrons. The lowest BCUT2D eigenvalue weighted by Crippen LogP contribution is -2.27. The third-order valence-corrected chi connectivity index (χ3v) is 5.78. The maximum atomic E-state index is 12.7. The van der Waals surface area contributed by atoms with Gasteiger partial charge in [-0.15, -0.1) is 6.58 Å². The first kappa shape index (κ1) is 23.2. The van der Waals surface area contributed by atoms with Crippen molar-refractivity contribution in [1.82, 2.24) is 10.0 Å². The molecule has 0 saturated heterocycles. The molecule has 0 bridgehead atoms. The third kappa shape index (κ3) is 5.31. The Labute approximate surface area is 176 Å². The van der Waals surface area contributed by atoms with Gasteiger partial charge in [0.15, 0.2) is 11.5 Å². The molecular formula is C21H26N2O6S. The van der Waals surface area contributed by atoms with E-state index in [2.05, 4.69) is 16.6 Å². The van der Waals surface area contributed by atoms with Gasteiger partial charge in [0.2, 0.25) is 15.8 Å². The standard InChI is InChI=1S/C21H26N2O6S/c1-6-10-22-30(25,26)17-9-7-8-15(11-17)21(24)23-14(2)16-12-18(27-3)20(29-5)19(13-16)28-4/h6-9,11-14,22H,1,10H2,2-5H3,(H,23,24). The van der Waals surface area contributed by atoms with E-state index in [1.807, 2.05) is 0 Å². The number of carbonyl (C=O) groups is 1. The number of rotatable bonds is 10. The lowest BCUT2D eigenvalue weighted by atomic mass is 10.1. The SMILES string of the molecule is C=CCNS(=O)(=O)c1cccc(C(=O)NC(C)c2cc(OC)c(OC)c(OC)c2)c1. The molecule has 0 spiro atoms. The van der Waals surface area contributed by atoms with Crippen LogP contribution in [0.1, 0.15) is 28.9 Å². The molecule has 2 rings (SSSR count). The van der Waals surface area contributed by atoms with Gasteiger partial charge in [0.1, 0.15) is 0 Å². The summed E-state index contributed by atoms with van der Waals surface area (Å²) >= 11 is 0. The fraction of sp³-hybridized carbons (Fsp3) is 0.286. The van der Waals surface area contributed by atoms with Crippen LogP contribution in [0, 0.1) is 0 Å². The number of methoxy groups -OCH3 is 3. The summed E-state index contributed by atoms with van der Waals surface area (Å²) < 4.78 is 42.9. The van der Waals surface area contributed by atoms with Crippen molar-refractivity contribution in [3.05, 3.63) is 60.2 Å². The van der Waals surface area contributed by atoms with E-state index < -0.39 is 22.0 Å². The quantitative estimate of drug-likeness (QED) is 0.558. The van der Waals surface area contributed by atoms with Gasteiger partial charge in [-0.05, 0) is 42.8 Å². The highest BCUT2D eigenvalue weighted by molar-refractivity contribution is 7.89. The van der Waals surface area contributed by atoms with Gasteiger partial charge in [-0.2, -0.15) is 0 Å². The van der Waals surface area contributed by atoms with E-state index in [4.69, 9.17) is 14.2 Å². The maximum absolute atomic E-state index is 12.7. The molecule has 8 nitrogen and oxygen atoms in total. The molecule has 1 amide bonds. The fourth-order valence-electron chi connectivity index (χ4n) is 2.77. The molecule has 9 heteroatoms.